The second-order valence-corrected chi connectivity index (χ2v) is 7.57. The molecule has 0 radical (unpaired) electrons. The number of halogens is 1. The summed E-state index contributed by atoms with van der Waals surface area (Å²) in [5, 5.41) is 19.7. The Bertz CT molecular complexity index is 899. The van der Waals surface area contributed by atoms with Gasteiger partial charge in [0.05, 0.1) is 4.90 Å². The van der Waals surface area contributed by atoms with Crippen molar-refractivity contribution in [2.75, 3.05) is 0 Å². The standard InChI is InChI=1S/C13H8ClNO6S2/c14-7-1-3-8(4-2-7)23(20,21)13-15-9(6-22-13)10(16)5-11(17)12(18)19/h1-6,16H,(H,18,19). The Kier molecular flexibility index (Phi) is 4.83. The summed E-state index contributed by atoms with van der Waals surface area (Å²) < 4.78 is 24.4. The molecule has 23 heavy (non-hydrogen) atoms. The first-order valence-electron chi connectivity index (χ1n) is 5.86. The predicted molar refractivity (Wildman–Crippen MR) is 82.3 cm³/mol. The van der Waals surface area contributed by atoms with Crippen molar-refractivity contribution < 1.29 is 28.2 Å². The van der Waals surface area contributed by atoms with Gasteiger partial charge in [-0.05, 0) is 24.3 Å². The number of aromatic nitrogens is 1. The molecule has 2 aromatic rings. The van der Waals surface area contributed by atoms with Crippen molar-refractivity contribution in [3.63, 3.8) is 0 Å². The van der Waals surface area contributed by atoms with Crippen molar-refractivity contribution in [2.45, 2.75) is 9.24 Å². The number of hydrogen-bond donors (Lipinski definition) is 2. The quantitative estimate of drug-likeness (QED) is 0.468. The first-order chi connectivity index (χ1) is 10.7. The summed E-state index contributed by atoms with van der Waals surface area (Å²) >= 11 is 6.43. The van der Waals surface area contributed by atoms with E-state index in [4.69, 9.17) is 16.7 Å². The zero-order chi connectivity index (χ0) is 17.2. The van der Waals surface area contributed by atoms with Crippen LogP contribution >= 0.6 is 22.9 Å². The Labute approximate surface area is 139 Å². The van der Waals surface area contributed by atoms with Gasteiger partial charge in [0.2, 0.25) is 14.2 Å². The van der Waals surface area contributed by atoms with Crippen LogP contribution in [0, 0.1) is 0 Å². The largest absolute Gasteiger partial charge is 0.506 e. The van der Waals surface area contributed by atoms with Gasteiger partial charge in [-0.25, -0.2) is 18.2 Å². The summed E-state index contributed by atoms with van der Waals surface area (Å²) in [6.45, 7) is 0. The number of carbonyl (C=O) groups is 2. The second kappa shape index (κ2) is 6.49. The maximum absolute atomic E-state index is 12.4. The maximum Gasteiger partial charge on any atom is 0.376 e. The Morgan fingerprint density at radius 2 is 1.78 bits per heavy atom. The van der Waals surface area contributed by atoms with Crippen molar-refractivity contribution >= 4 is 50.3 Å². The number of carboxylic acids is 1. The molecule has 0 atom stereocenters. The zero-order valence-corrected chi connectivity index (χ0v) is 13.5. The molecule has 0 spiro atoms. The monoisotopic (exact) mass is 373 g/mol. The number of aliphatic hydroxyl groups is 1. The van der Waals surface area contributed by atoms with Crippen molar-refractivity contribution in [1.29, 1.82) is 0 Å². The molecule has 0 saturated heterocycles. The van der Waals surface area contributed by atoms with Gasteiger partial charge in [-0.3, -0.25) is 4.79 Å². The molecule has 0 aliphatic carbocycles. The summed E-state index contributed by atoms with van der Waals surface area (Å²) in [6, 6.07) is 5.43. The van der Waals surface area contributed by atoms with Gasteiger partial charge in [0.15, 0.2) is 0 Å². The van der Waals surface area contributed by atoms with Crippen LogP contribution in [0.5, 0.6) is 0 Å². The molecule has 0 unspecified atom stereocenters. The van der Waals surface area contributed by atoms with Crippen LogP contribution in [0.3, 0.4) is 0 Å². The zero-order valence-electron chi connectivity index (χ0n) is 11.1. The number of carbonyl (C=O) groups excluding carboxylic acids is 1. The van der Waals surface area contributed by atoms with Gasteiger partial charge in [-0.15, -0.1) is 11.3 Å². The number of rotatable bonds is 5. The minimum Gasteiger partial charge on any atom is -0.506 e. The third-order valence-corrected chi connectivity index (χ3v) is 5.85. The van der Waals surface area contributed by atoms with E-state index in [9.17, 15) is 23.1 Å². The molecule has 1 heterocycles. The molecule has 0 saturated carbocycles. The highest BCUT2D eigenvalue weighted by Gasteiger charge is 2.23. The lowest BCUT2D eigenvalue weighted by Gasteiger charge is -2.00. The molecule has 1 aromatic carbocycles. The molecule has 0 fully saturated rings. The minimum absolute atomic E-state index is 0.0344. The fourth-order valence-electron chi connectivity index (χ4n) is 1.47. The highest BCUT2D eigenvalue weighted by Crippen LogP contribution is 2.26. The fraction of sp³-hybridized carbons (Fsp3) is 0. The van der Waals surface area contributed by atoms with Gasteiger partial charge in [0.25, 0.3) is 5.78 Å². The molecule has 2 rings (SSSR count). The molecule has 0 aliphatic rings. The van der Waals surface area contributed by atoms with Crippen LogP contribution in [-0.4, -0.2) is 35.4 Å². The van der Waals surface area contributed by atoms with Crippen LogP contribution in [0.4, 0.5) is 0 Å². The molecule has 7 nitrogen and oxygen atoms in total. The van der Waals surface area contributed by atoms with Crippen LogP contribution in [0.2, 0.25) is 5.02 Å². The number of benzene rings is 1. The second-order valence-electron chi connectivity index (χ2n) is 4.15. The van der Waals surface area contributed by atoms with E-state index in [2.05, 4.69) is 4.98 Å². The Morgan fingerprint density at radius 3 is 2.35 bits per heavy atom. The summed E-state index contributed by atoms with van der Waals surface area (Å²) in [5.41, 5.74) is -0.211. The van der Waals surface area contributed by atoms with Gasteiger partial charge in [-0.2, -0.15) is 0 Å². The summed E-state index contributed by atoms with van der Waals surface area (Å²) in [5.74, 6) is -3.83. The average molecular weight is 374 g/mol. The topological polar surface area (TPSA) is 122 Å². The Morgan fingerprint density at radius 1 is 1.17 bits per heavy atom. The van der Waals surface area contributed by atoms with Gasteiger partial charge < -0.3 is 10.2 Å². The van der Waals surface area contributed by atoms with Crippen LogP contribution < -0.4 is 0 Å². The Hall–Kier alpha value is -2.23. The highest BCUT2D eigenvalue weighted by atomic mass is 35.5. The van der Waals surface area contributed by atoms with E-state index >= 15 is 0 Å². The number of carboxylic acid groups (broad SMARTS) is 1. The normalized spacial score (nSPS) is 12.1. The molecular formula is C13H8ClNO6S2. The number of ketones is 1. The van der Waals surface area contributed by atoms with Gasteiger partial charge >= 0.3 is 5.97 Å². The predicted octanol–water partition coefficient (Wildman–Crippen LogP) is 2.18. The summed E-state index contributed by atoms with van der Waals surface area (Å²) in [7, 11) is -3.90. The summed E-state index contributed by atoms with van der Waals surface area (Å²) in [4.78, 5) is 25.1. The van der Waals surface area contributed by atoms with Gasteiger partial charge in [0.1, 0.15) is 11.5 Å². The van der Waals surface area contributed by atoms with Crippen molar-refractivity contribution in [3.8, 4) is 0 Å². The molecule has 1 aromatic heterocycles. The Balaban J connectivity index is 2.37. The van der Waals surface area contributed by atoms with Gasteiger partial charge in [-0.1, -0.05) is 11.6 Å². The first-order valence-corrected chi connectivity index (χ1v) is 8.60. The first kappa shape index (κ1) is 17.1. The number of hydrogen-bond acceptors (Lipinski definition) is 7. The smallest absolute Gasteiger partial charge is 0.376 e. The number of aliphatic hydroxyl groups excluding tert-OH is 1. The van der Waals surface area contributed by atoms with E-state index in [1.165, 1.54) is 29.6 Å². The molecule has 0 bridgehead atoms. The van der Waals surface area contributed by atoms with Crippen molar-refractivity contribution in [2.24, 2.45) is 0 Å². The molecule has 2 N–H and O–H groups in total. The van der Waals surface area contributed by atoms with E-state index in [1.54, 1.807) is 0 Å². The minimum atomic E-state index is -3.90. The van der Waals surface area contributed by atoms with E-state index in [-0.39, 0.29) is 14.9 Å². The maximum atomic E-state index is 12.4. The fourth-order valence-corrected chi connectivity index (χ4v) is 3.99. The molecule has 10 heteroatoms. The van der Waals surface area contributed by atoms with E-state index in [1.807, 2.05) is 0 Å². The molecule has 120 valence electrons. The highest BCUT2D eigenvalue weighted by molar-refractivity contribution is 7.93. The van der Waals surface area contributed by atoms with Crippen LogP contribution in [0.15, 0.2) is 45.0 Å². The number of thiazole rings is 1. The lowest BCUT2D eigenvalue weighted by Crippen LogP contribution is -2.09. The number of aliphatic carboxylic acids is 1. The van der Waals surface area contributed by atoms with Crippen molar-refractivity contribution in [1.82, 2.24) is 4.98 Å². The van der Waals surface area contributed by atoms with Gasteiger partial charge in [0, 0.05) is 16.5 Å². The molecule has 0 amide bonds. The number of nitrogens with zero attached hydrogens (tertiary/aromatic N) is 1. The van der Waals surface area contributed by atoms with Crippen LogP contribution in [-0.2, 0) is 19.4 Å². The van der Waals surface area contributed by atoms with E-state index in [0.717, 1.165) is 11.3 Å². The average Bonchev–Trinajstić information content (AvgIpc) is 2.98. The van der Waals surface area contributed by atoms with E-state index < -0.39 is 27.3 Å². The third kappa shape index (κ3) is 3.76. The third-order valence-electron chi connectivity index (χ3n) is 2.58. The molecule has 0 aliphatic heterocycles. The SMILES string of the molecule is O=C(O)C(=O)C=C(O)c1csc(S(=O)(=O)c2ccc(Cl)cc2)n1. The molecular weight excluding hydrogens is 366 g/mol. The van der Waals surface area contributed by atoms with Crippen molar-refractivity contribution in [3.05, 3.63) is 46.4 Å². The van der Waals surface area contributed by atoms with Crippen LogP contribution in [0.25, 0.3) is 5.76 Å². The lowest BCUT2D eigenvalue weighted by atomic mass is 10.3. The summed E-state index contributed by atoms with van der Waals surface area (Å²) in [6.07, 6.45) is 0.454. The lowest BCUT2D eigenvalue weighted by molar-refractivity contribution is -0.146. The van der Waals surface area contributed by atoms with Crippen LogP contribution in [0.1, 0.15) is 5.69 Å². The van der Waals surface area contributed by atoms with E-state index in [0.29, 0.717) is 11.1 Å². The number of sulfone groups is 1.